The molecular formula is C15H16N2OS. The minimum absolute atomic E-state index is 0.230. The van der Waals surface area contributed by atoms with Crippen LogP contribution in [0.25, 0.3) is 0 Å². The first-order chi connectivity index (χ1) is 9.33. The molecule has 2 aromatic heterocycles. The quantitative estimate of drug-likeness (QED) is 0.838. The van der Waals surface area contributed by atoms with Gasteiger partial charge in [0.1, 0.15) is 0 Å². The Morgan fingerprint density at radius 2 is 2.26 bits per heavy atom. The predicted molar refractivity (Wildman–Crippen MR) is 75.8 cm³/mol. The standard InChI is InChI=1S/C15H16N2OS/c18-15(9-14-4-2-8-19-14)17(13-5-6-13)11-12-3-1-7-16-10-12/h1-4,7-8,10,13H,5-6,9,11H2. The number of aromatic nitrogens is 1. The second-order valence-corrected chi connectivity index (χ2v) is 5.90. The third kappa shape index (κ3) is 3.20. The zero-order chi connectivity index (χ0) is 13.1. The summed E-state index contributed by atoms with van der Waals surface area (Å²) in [5, 5.41) is 2.02. The molecule has 98 valence electrons. The van der Waals surface area contributed by atoms with Gasteiger partial charge in [0, 0.05) is 29.9 Å². The van der Waals surface area contributed by atoms with E-state index >= 15 is 0 Å². The van der Waals surface area contributed by atoms with E-state index in [1.807, 2.05) is 40.7 Å². The van der Waals surface area contributed by atoms with Crippen molar-refractivity contribution in [2.24, 2.45) is 0 Å². The Kier molecular flexibility index (Phi) is 3.60. The van der Waals surface area contributed by atoms with Crippen molar-refractivity contribution in [3.05, 3.63) is 52.5 Å². The van der Waals surface area contributed by atoms with Gasteiger partial charge in [-0.15, -0.1) is 11.3 Å². The van der Waals surface area contributed by atoms with E-state index < -0.39 is 0 Å². The summed E-state index contributed by atoms with van der Waals surface area (Å²) in [6.45, 7) is 0.683. The molecule has 2 aromatic rings. The van der Waals surface area contributed by atoms with Gasteiger partial charge >= 0.3 is 0 Å². The molecule has 19 heavy (non-hydrogen) atoms. The molecular weight excluding hydrogens is 256 g/mol. The van der Waals surface area contributed by atoms with Gasteiger partial charge in [-0.05, 0) is 35.9 Å². The van der Waals surface area contributed by atoms with E-state index in [1.54, 1.807) is 17.5 Å². The summed E-state index contributed by atoms with van der Waals surface area (Å²) in [4.78, 5) is 19.7. The number of hydrogen-bond acceptors (Lipinski definition) is 3. The lowest BCUT2D eigenvalue weighted by molar-refractivity contribution is -0.131. The van der Waals surface area contributed by atoms with Gasteiger partial charge in [0.05, 0.1) is 6.42 Å². The largest absolute Gasteiger partial charge is 0.335 e. The first-order valence-electron chi connectivity index (χ1n) is 6.53. The Morgan fingerprint density at radius 3 is 2.89 bits per heavy atom. The van der Waals surface area contributed by atoms with Gasteiger partial charge in [-0.25, -0.2) is 0 Å². The van der Waals surface area contributed by atoms with Crippen molar-refractivity contribution in [2.75, 3.05) is 0 Å². The van der Waals surface area contributed by atoms with E-state index in [1.165, 1.54) is 0 Å². The van der Waals surface area contributed by atoms with E-state index in [2.05, 4.69) is 4.98 Å². The van der Waals surface area contributed by atoms with Crippen LogP contribution in [-0.4, -0.2) is 21.8 Å². The predicted octanol–water partition coefficient (Wildman–Crippen LogP) is 2.88. The van der Waals surface area contributed by atoms with Crippen molar-refractivity contribution in [1.29, 1.82) is 0 Å². The molecule has 0 aliphatic heterocycles. The molecule has 1 amide bonds. The number of hydrogen-bond donors (Lipinski definition) is 0. The summed E-state index contributed by atoms with van der Waals surface area (Å²) >= 11 is 1.65. The lowest BCUT2D eigenvalue weighted by Crippen LogP contribution is -2.33. The van der Waals surface area contributed by atoms with E-state index in [9.17, 15) is 4.79 Å². The summed E-state index contributed by atoms with van der Waals surface area (Å²) in [5.41, 5.74) is 1.11. The molecule has 1 saturated carbocycles. The Balaban J connectivity index is 1.69. The molecule has 0 N–H and O–H groups in total. The monoisotopic (exact) mass is 272 g/mol. The minimum atomic E-state index is 0.230. The molecule has 0 radical (unpaired) electrons. The number of rotatable bonds is 5. The third-order valence-corrected chi connectivity index (χ3v) is 4.17. The molecule has 1 aliphatic carbocycles. The first kappa shape index (κ1) is 12.4. The van der Waals surface area contributed by atoms with Crippen LogP contribution < -0.4 is 0 Å². The van der Waals surface area contributed by atoms with Crippen LogP contribution in [0.5, 0.6) is 0 Å². The lowest BCUT2D eigenvalue weighted by atomic mass is 10.2. The molecule has 0 unspecified atom stereocenters. The van der Waals surface area contributed by atoms with E-state index in [4.69, 9.17) is 0 Å². The second-order valence-electron chi connectivity index (χ2n) is 4.87. The molecule has 1 aliphatic rings. The van der Waals surface area contributed by atoms with Crippen molar-refractivity contribution >= 4 is 17.2 Å². The zero-order valence-electron chi connectivity index (χ0n) is 10.7. The highest BCUT2D eigenvalue weighted by Gasteiger charge is 2.32. The Labute approximate surface area is 116 Å². The van der Waals surface area contributed by atoms with Gasteiger partial charge in [-0.1, -0.05) is 12.1 Å². The fourth-order valence-corrected chi connectivity index (χ4v) is 2.86. The third-order valence-electron chi connectivity index (χ3n) is 3.29. The van der Waals surface area contributed by atoms with E-state index in [-0.39, 0.29) is 5.91 Å². The van der Waals surface area contributed by atoms with Crippen LogP contribution >= 0.6 is 11.3 Å². The summed E-state index contributed by atoms with van der Waals surface area (Å²) in [6.07, 6.45) is 6.40. The molecule has 0 saturated heterocycles. The van der Waals surface area contributed by atoms with Crippen LogP contribution in [0.15, 0.2) is 42.0 Å². The lowest BCUT2D eigenvalue weighted by Gasteiger charge is -2.22. The first-order valence-corrected chi connectivity index (χ1v) is 7.41. The Hall–Kier alpha value is -1.68. The van der Waals surface area contributed by atoms with Crippen LogP contribution in [-0.2, 0) is 17.8 Å². The molecule has 0 aromatic carbocycles. The maximum absolute atomic E-state index is 12.4. The molecule has 0 bridgehead atoms. The highest BCUT2D eigenvalue weighted by molar-refractivity contribution is 7.10. The molecule has 4 heteroatoms. The number of carbonyl (C=O) groups excluding carboxylic acids is 1. The molecule has 3 rings (SSSR count). The van der Waals surface area contributed by atoms with Crippen LogP contribution in [0.4, 0.5) is 0 Å². The topological polar surface area (TPSA) is 33.2 Å². The van der Waals surface area contributed by atoms with Gasteiger partial charge in [-0.3, -0.25) is 9.78 Å². The number of pyridine rings is 1. The average Bonchev–Trinajstić information content (AvgIpc) is 3.15. The van der Waals surface area contributed by atoms with Crippen molar-refractivity contribution in [2.45, 2.75) is 31.8 Å². The second kappa shape index (κ2) is 5.53. The summed E-state index contributed by atoms with van der Waals surface area (Å²) in [7, 11) is 0. The van der Waals surface area contributed by atoms with Crippen molar-refractivity contribution in [1.82, 2.24) is 9.88 Å². The molecule has 0 atom stereocenters. The van der Waals surface area contributed by atoms with Crippen LogP contribution in [0.2, 0.25) is 0 Å². The normalized spacial score (nSPS) is 14.3. The molecule has 1 fully saturated rings. The number of carbonyl (C=O) groups is 1. The fourth-order valence-electron chi connectivity index (χ4n) is 2.16. The maximum Gasteiger partial charge on any atom is 0.228 e. The van der Waals surface area contributed by atoms with Crippen LogP contribution in [0.3, 0.4) is 0 Å². The zero-order valence-corrected chi connectivity index (χ0v) is 11.5. The summed E-state index contributed by atoms with van der Waals surface area (Å²) in [6, 6.07) is 8.41. The molecule has 2 heterocycles. The fraction of sp³-hybridized carbons (Fsp3) is 0.333. The highest BCUT2D eigenvalue weighted by Crippen LogP contribution is 2.29. The van der Waals surface area contributed by atoms with Gasteiger partial charge in [0.15, 0.2) is 0 Å². The summed E-state index contributed by atoms with van der Waals surface area (Å²) in [5.74, 6) is 0.230. The number of amides is 1. The van der Waals surface area contributed by atoms with Crippen molar-refractivity contribution in [3.8, 4) is 0 Å². The van der Waals surface area contributed by atoms with Crippen LogP contribution in [0, 0.1) is 0 Å². The summed E-state index contributed by atoms with van der Waals surface area (Å²) < 4.78 is 0. The molecule has 3 nitrogen and oxygen atoms in total. The van der Waals surface area contributed by atoms with Gasteiger partial charge in [0.2, 0.25) is 5.91 Å². The SMILES string of the molecule is O=C(Cc1cccs1)N(Cc1cccnc1)C1CC1. The van der Waals surface area contributed by atoms with Crippen molar-refractivity contribution < 1.29 is 4.79 Å². The van der Waals surface area contributed by atoms with Gasteiger partial charge in [0.25, 0.3) is 0 Å². The Morgan fingerprint density at radius 1 is 1.37 bits per heavy atom. The average molecular weight is 272 g/mol. The molecule has 0 spiro atoms. The smallest absolute Gasteiger partial charge is 0.228 e. The van der Waals surface area contributed by atoms with Crippen molar-refractivity contribution in [3.63, 3.8) is 0 Å². The van der Waals surface area contributed by atoms with Gasteiger partial charge in [-0.2, -0.15) is 0 Å². The van der Waals surface area contributed by atoms with Crippen LogP contribution in [0.1, 0.15) is 23.3 Å². The highest BCUT2D eigenvalue weighted by atomic mass is 32.1. The maximum atomic E-state index is 12.4. The van der Waals surface area contributed by atoms with E-state index in [0.29, 0.717) is 19.0 Å². The Bertz CT molecular complexity index is 535. The number of nitrogens with zero attached hydrogens (tertiary/aromatic N) is 2. The van der Waals surface area contributed by atoms with Gasteiger partial charge < -0.3 is 4.90 Å². The number of thiophene rings is 1. The minimum Gasteiger partial charge on any atom is -0.335 e. The van der Waals surface area contributed by atoms with E-state index in [0.717, 1.165) is 23.3 Å².